The first-order valence-electron chi connectivity index (χ1n) is 25.8. The van der Waals surface area contributed by atoms with Gasteiger partial charge in [-0.3, -0.25) is 4.57 Å². The van der Waals surface area contributed by atoms with E-state index in [1.165, 1.54) is 44.3 Å². The van der Waals surface area contributed by atoms with Crippen molar-refractivity contribution in [1.82, 2.24) is 9.55 Å². The Kier molecular flexibility index (Phi) is 11.2. The number of pyridine rings is 1. The zero-order valence-electron chi connectivity index (χ0n) is 42.1. The molecule has 0 amide bonds. The number of ether oxygens (including phenoxy) is 1. The van der Waals surface area contributed by atoms with Crippen molar-refractivity contribution in [2.24, 2.45) is 0 Å². The van der Waals surface area contributed by atoms with Gasteiger partial charge in [0.2, 0.25) is 0 Å². The normalized spacial score (nSPS) is 12.6. The van der Waals surface area contributed by atoms with Crippen LogP contribution in [-0.4, -0.2) is 9.55 Å². The molecule has 5 heteroatoms. The van der Waals surface area contributed by atoms with Crippen molar-refractivity contribution in [3.63, 3.8) is 0 Å². The Balaban J connectivity index is 0.900. The Morgan fingerprint density at radius 2 is 0.987 bits per heavy atom. The molecule has 0 radical (unpaired) electrons. The number of anilines is 4. The SMILES string of the molecule is CC(C)(C)c1ccnc(-n2c3ccccc3c3ccc(Oc4cccc(Nc5ccccc5Nc5c(-c6ccccc6)cc(C6(c7ccccc7)c7ccccc7-c7ccccc76)cc5-c5ccccc5)c4)cc32)c1. The van der Waals surface area contributed by atoms with Crippen LogP contribution in [-0.2, 0) is 10.8 Å². The molecule has 0 unspecified atom stereocenters. The number of para-hydroxylation sites is 3. The highest BCUT2D eigenvalue weighted by atomic mass is 16.5. The highest BCUT2D eigenvalue weighted by molar-refractivity contribution is 6.09. The zero-order valence-corrected chi connectivity index (χ0v) is 42.1. The maximum Gasteiger partial charge on any atom is 0.137 e. The monoisotopic (exact) mass is 966 g/mol. The number of fused-ring (bicyclic) bond motifs is 6. The summed E-state index contributed by atoms with van der Waals surface area (Å²) >= 11 is 0. The van der Waals surface area contributed by atoms with Gasteiger partial charge in [0.15, 0.2) is 0 Å². The van der Waals surface area contributed by atoms with E-state index in [1.54, 1.807) is 0 Å². The van der Waals surface area contributed by atoms with Gasteiger partial charge in [-0.2, -0.15) is 0 Å². The van der Waals surface area contributed by atoms with Gasteiger partial charge in [-0.15, -0.1) is 0 Å². The molecular weight excluding hydrogens is 913 g/mol. The molecule has 10 aromatic carbocycles. The molecule has 13 rings (SSSR count). The van der Waals surface area contributed by atoms with Crippen LogP contribution in [0.2, 0.25) is 0 Å². The number of hydrogen-bond donors (Lipinski definition) is 2. The third-order valence-corrected chi connectivity index (χ3v) is 14.9. The van der Waals surface area contributed by atoms with Gasteiger partial charge >= 0.3 is 0 Å². The second-order valence-electron chi connectivity index (χ2n) is 20.5. The number of benzene rings is 10. The Morgan fingerprint density at radius 3 is 1.65 bits per heavy atom. The first-order valence-corrected chi connectivity index (χ1v) is 25.8. The summed E-state index contributed by atoms with van der Waals surface area (Å²) in [6.07, 6.45) is 1.92. The lowest BCUT2D eigenvalue weighted by atomic mass is 9.66. The van der Waals surface area contributed by atoms with E-state index in [4.69, 9.17) is 9.72 Å². The summed E-state index contributed by atoms with van der Waals surface area (Å²) in [5.41, 5.74) is 18.4. The summed E-state index contributed by atoms with van der Waals surface area (Å²) < 4.78 is 8.99. The fourth-order valence-electron chi connectivity index (χ4n) is 11.4. The average molecular weight is 967 g/mol. The van der Waals surface area contributed by atoms with Gasteiger partial charge in [0, 0.05) is 45.9 Å². The first kappa shape index (κ1) is 45.4. The third kappa shape index (κ3) is 8.01. The molecule has 1 aliphatic rings. The first-order chi connectivity index (χ1) is 36.8. The fraction of sp³-hybridized carbons (Fsp3) is 0.0714. The molecule has 0 spiro atoms. The molecule has 0 saturated heterocycles. The van der Waals surface area contributed by atoms with Crippen molar-refractivity contribution in [1.29, 1.82) is 0 Å². The maximum absolute atomic E-state index is 6.73. The predicted octanol–water partition coefficient (Wildman–Crippen LogP) is 18.5. The molecule has 5 nitrogen and oxygen atoms in total. The Bertz CT molecular complexity index is 3970. The minimum Gasteiger partial charge on any atom is -0.457 e. The molecule has 1 aliphatic carbocycles. The smallest absolute Gasteiger partial charge is 0.137 e. The molecule has 0 bridgehead atoms. The lowest BCUT2D eigenvalue weighted by Crippen LogP contribution is -2.28. The number of nitrogens with one attached hydrogen (secondary N) is 2. The minimum absolute atomic E-state index is 0.0223. The predicted molar refractivity (Wildman–Crippen MR) is 311 cm³/mol. The molecule has 0 atom stereocenters. The molecule has 360 valence electrons. The van der Waals surface area contributed by atoms with Gasteiger partial charge in [0.25, 0.3) is 0 Å². The van der Waals surface area contributed by atoms with Crippen LogP contribution < -0.4 is 15.4 Å². The minimum atomic E-state index is -0.591. The van der Waals surface area contributed by atoms with E-state index in [0.29, 0.717) is 0 Å². The van der Waals surface area contributed by atoms with Gasteiger partial charge in [-0.05, 0) is 122 Å². The molecule has 2 aromatic heterocycles. The van der Waals surface area contributed by atoms with E-state index in [1.807, 2.05) is 18.3 Å². The second-order valence-corrected chi connectivity index (χ2v) is 20.5. The van der Waals surface area contributed by atoms with Gasteiger partial charge in [-0.1, -0.05) is 197 Å². The Labute approximate surface area is 438 Å². The number of aromatic nitrogens is 2. The Morgan fingerprint density at radius 1 is 0.427 bits per heavy atom. The van der Waals surface area contributed by atoms with Crippen LogP contribution >= 0.6 is 0 Å². The van der Waals surface area contributed by atoms with Crippen molar-refractivity contribution in [3.05, 3.63) is 289 Å². The van der Waals surface area contributed by atoms with Crippen molar-refractivity contribution >= 4 is 44.6 Å². The van der Waals surface area contributed by atoms with Crippen LogP contribution in [0.4, 0.5) is 22.7 Å². The van der Waals surface area contributed by atoms with E-state index in [0.717, 1.165) is 78.7 Å². The lowest BCUT2D eigenvalue weighted by molar-refractivity contribution is 0.483. The van der Waals surface area contributed by atoms with Crippen molar-refractivity contribution in [2.75, 3.05) is 10.6 Å². The second kappa shape index (κ2) is 18.5. The standard InChI is InChI=1S/C70H54N4O/c1-69(2,3)50-40-41-71-67(44-50)74-65-37-20-15-32-57(65)58-39-38-54(46-66(58)74)75-53-29-21-28-52(45-53)72-63-35-18-19-36-64(63)73-68-59(47-22-7-4-8-23-47)42-51(43-60(68)48-24-9-5-10-25-48)70(49-26-11-6-12-27-49)61-33-16-13-30-55(61)56-31-14-17-34-62(56)70/h4-46,72-73H,1-3H3. The average Bonchev–Trinajstić information content (AvgIpc) is 3.95. The third-order valence-electron chi connectivity index (χ3n) is 14.9. The van der Waals surface area contributed by atoms with Gasteiger partial charge in [-0.25, -0.2) is 4.98 Å². The summed E-state index contributed by atoms with van der Waals surface area (Å²) in [7, 11) is 0. The van der Waals surface area contributed by atoms with E-state index < -0.39 is 5.41 Å². The van der Waals surface area contributed by atoms with Crippen LogP contribution in [0.5, 0.6) is 11.5 Å². The molecule has 0 aliphatic heterocycles. The van der Waals surface area contributed by atoms with Gasteiger partial charge in [0.1, 0.15) is 17.3 Å². The highest BCUT2D eigenvalue weighted by Crippen LogP contribution is 2.58. The summed E-state index contributed by atoms with van der Waals surface area (Å²) in [4.78, 5) is 4.89. The van der Waals surface area contributed by atoms with E-state index in [-0.39, 0.29) is 5.41 Å². The molecule has 0 saturated carbocycles. The molecule has 12 aromatic rings. The highest BCUT2D eigenvalue weighted by Gasteiger charge is 2.46. The topological polar surface area (TPSA) is 51.1 Å². The number of nitrogens with zero attached hydrogens (tertiary/aromatic N) is 2. The molecule has 2 heterocycles. The summed E-state index contributed by atoms with van der Waals surface area (Å²) in [6.45, 7) is 6.71. The Hall–Kier alpha value is -9.45. The van der Waals surface area contributed by atoms with E-state index in [9.17, 15) is 0 Å². The van der Waals surface area contributed by atoms with Crippen LogP contribution in [0, 0.1) is 0 Å². The summed E-state index contributed by atoms with van der Waals surface area (Å²) in [5, 5.41) is 10.1. The summed E-state index contributed by atoms with van der Waals surface area (Å²) in [6, 6.07) is 91.2. The van der Waals surface area contributed by atoms with E-state index in [2.05, 4.69) is 279 Å². The van der Waals surface area contributed by atoms with Crippen molar-refractivity contribution in [2.45, 2.75) is 31.6 Å². The van der Waals surface area contributed by atoms with Crippen molar-refractivity contribution < 1.29 is 4.74 Å². The quantitative estimate of drug-likeness (QED) is 0.136. The van der Waals surface area contributed by atoms with Crippen molar-refractivity contribution in [3.8, 4) is 50.7 Å². The molecule has 2 N–H and O–H groups in total. The van der Waals surface area contributed by atoms with Crippen LogP contribution in [0.25, 0.3) is 61.0 Å². The van der Waals surface area contributed by atoms with E-state index >= 15 is 0 Å². The van der Waals surface area contributed by atoms with Gasteiger partial charge in [0.05, 0.1) is 33.5 Å². The molecule has 75 heavy (non-hydrogen) atoms. The summed E-state index contributed by atoms with van der Waals surface area (Å²) in [5.74, 6) is 2.34. The zero-order chi connectivity index (χ0) is 50.5. The fourth-order valence-corrected chi connectivity index (χ4v) is 11.4. The van der Waals surface area contributed by atoms with Crippen LogP contribution in [0.3, 0.4) is 0 Å². The molecular formula is C70H54N4O. The number of rotatable bonds is 11. The number of hydrogen-bond acceptors (Lipinski definition) is 4. The molecule has 0 fully saturated rings. The lowest BCUT2D eigenvalue weighted by Gasteiger charge is -2.35. The maximum atomic E-state index is 6.73. The largest absolute Gasteiger partial charge is 0.457 e. The van der Waals surface area contributed by atoms with Gasteiger partial charge < -0.3 is 15.4 Å². The van der Waals surface area contributed by atoms with Crippen LogP contribution in [0.15, 0.2) is 261 Å². The van der Waals surface area contributed by atoms with Crippen LogP contribution in [0.1, 0.15) is 48.6 Å².